The summed E-state index contributed by atoms with van der Waals surface area (Å²) < 4.78 is 65.5. The van der Waals surface area contributed by atoms with Crippen molar-refractivity contribution in [2.75, 3.05) is 18.8 Å². The molecule has 220 valence electrons. The number of alkyl halides is 3. The normalized spacial score (nSPS) is 19.8. The number of amides is 2. The van der Waals surface area contributed by atoms with Crippen molar-refractivity contribution in [3.05, 3.63) is 65.2 Å². The Hall–Kier alpha value is -2.92. The molecule has 3 rings (SSSR count). The van der Waals surface area contributed by atoms with Crippen LogP contribution in [0.25, 0.3) is 0 Å². The van der Waals surface area contributed by atoms with Crippen molar-refractivity contribution >= 4 is 21.7 Å². The van der Waals surface area contributed by atoms with Gasteiger partial charge in [0, 0.05) is 17.6 Å². The van der Waals surface area contributed by atoms with E-state index in [0.717, 1.165) is 43.1 Å². The molecule has 0 aromatic heterocycles. The van der Waals surface area contributed by atoms with Gasteiger partial charge in [0.25, 0.3) is 5.91 Å². The third kappa shape index (κ3) is 9.05. The van der Waals surface area contributed by atoms with Crippen molar-refractivity contribution in [1.29, 1.82) is 0 Å². The van der Waals surface area contributed by atoms with E-state index in [4.69, 9.17) is 0 Å². The molecule has 2 amide bonds. The summed E-state index contributed by atoms with van der Waals surface area (Å²) in [4.78, 5) is 25.4. The molecule has 0 heterocycles. The first-order valence-electron chi connectivity index (χ1n) is 13.6. The predicted octanol–water partition coefficient (Wildman–Crippen LogP) is 4.37. The van der Waals surface area contributed by atoms with Gasteiger partial charge in [0.05, 0.1) is 22.8 Å². The Kier molecular flexibility index (Phi) is 10.8. The molecule has 0 bridgehead atoms. The van der Waals surface area contributed by atoms with Crippen molar-refractivity contribution in [3.8, 4) is 0 Å². The summed E-state index contributed by atoms with van der Waals surface area (Å²) in [6, 6.07) is 10.5. The van der Waals surface area contributed by atoms with Crippen molar-refractivity contribution in [2.45, 2.75) is 69.6 Å². The van der Waals surface area contributed by atoms with Crippen LogP contribution in [0.3, 0.4) is 0 Å². The van der Waals surface area contributed by atoms with Gasteiger partial charge in [-0.1, -0.05) is 39.0 Å². The van der Waals surface area contributed by atoms with Crippen LogP contribution in [-0.4, -0.2) is 51.2 Å². The number of sulfone groups is 1. The summed E-state index contributed by atoms with van der Waals surface area (Å²) in [5, 5.41) is 8.72. The molecule has 2 aromatic carbocycles. The zero-order valence-corrected chi connectivity index (χ0v) is 23.9. The lowest BCUT2D eigenvalue weighted by molar-refractivity contribution is -0.137. The monoisotopic (exact) mass is 581 g/mol. The van der Waals surface area contributed by atoms with Crippen molar-refractivity contribution in [3.63, 3.8) is 0 Å². The number of aryl methyl sites for hydroxylation is 1. The van der Waals surface area contributed by atoms with E-state index < -0.39 is 46.0 Å². The van der Waals surface area contributed by atoms with Crippen LogP contribution in [0.2, 0.25) is 0 Å². The standard InChI is InChI=1S/C29H38F3N3O4S/c1-4-20-8-11-25(12-9-20)40(38,39)18-22-15-24(33-16-19(2)3)10-13-26(22)35-27(36)17-34-28(37)21-6-5-7-23(14-21)29(30,31)32/h5-9,11-12,14,19,22,24,26,33H,4,10,13,15-18H2,1-3H3,(H,34,37)(H,35,36). The third-order valence-electron chi connectivity index (χ3n) is 7.13. The van der Waals surface area contributed by atoms with Gasteiger partial charge in [0.15, 0.2) is 9.84 Å². The highest BCUT2D eigenvalue weighted by molar-refractivity contribution is 7.91. The maximum atomic E-state index is 13.3. The molecule has 40 heavy (non-hydrogen) atoms. The summed E-state index contributed by atoms with van der Waals surface area (Å²) in [5.74, 6) is -1.42. The minimum absolute atomic E-state index is 0.110. The smallest absolute Gasteiger partial charge is 0.352 e. The molecule has 3 atom stereocenters. The molecule has 3 unspecified atom stereocenters. The van der Waals surface area contributed by atoms with E-state index in [1.807, 2.05) is 6.92 Å². The molecule has 3 N–H and O–H groups in total. The molecule has 0 radical (unpaired) electrons. The average Bonchev–Trinajstić information content (AvgIpc) is 2.91. The summed E-state index contributed by atoms with van der Waals surface area (Å²) in [5.41, 5.74) is -0.134. The Balaban J connectivity index is 1.67. The van der Waals surface area contributed by atoms with E-state index in [1.54, 1.807) is 24.3 Å². The molecule has 0 saturated heterocycles. The molecule has 1 aliphatic rings. The van der Waals surface area contributed by atoms with Crippen molar-refractivity contribution < 1.29 is 31.2 Å². The first-order chi connectivity index (χ1) is 18.8. The van der Waals surface area contributed by atoms with Gasteiger partial charge in [-0.3, -0.25) is 9.59 Å². The highest BCUT2D eigenvalue weighted by Crippen LogP contribution is 2.30. The second kappa shape index (κ2) is 13.6. The highest BCUT2D eigenvalue weighted by Gasteiger charge is 2.35. The van der Waals surface area contributed by atoms with Crippen LogP contribution in [0.5, 0.6) is 0 Å². The number of carbonyl (C=O) groups excluding carboxylic acids is 2. The predicted molar refractivity (Wildman–Crippen MR) is 148 cm³/mol. The van der Waals surface area contributed by atoms with E-state index >= 15 is 0 Å². The van der Waals surface area contributed by atoms with Crippen LogP contribution in [0.1, 0.15) is 61.5 Å². The number of carbonyl (C=O) groups is 2. The molecule has 0 aliphatic heterocycles. The van der Waals surface area contributed by atoms with Gasteiger partial charge >= 0.3 is 6.18 Å². The van der Waals surface area contributed by atoms with Crippen molar-refractivity contribution in [1.82, 2.24) is 16.0 Å². The molecule has 1 aliphatic carbocycles. The van der Waals surface area contributed by atoms with E-state index in [0.29, 0.717) is 18.8 Å². The Labute approximate surface area is 234 Å². The molecular weight excluding hydrogens is 543 g/mol. The molecular formula is C29H38F3N3O4S. The Bertz CT molecular complexity index is 1260. The van der Waals surface area contributed by atoms with Gasteiger partial charge in [-0.05, 0) is 80.0 Å². The van der Waals surface area contributed by atoms with Gasteiger partial charge in [-0.2, -0.15) is 13.2 Å². The Morgan fingerprint density at radius 2 is 1.75 bits per heavy atom. The molecule has 1 saturated carbocycles. The van der Waals surface area contributed by atoms with Gasteiger partial charge in [-0.25, -0.2) is 8.42 Å². The number of hydrogen-bond acceptors (Lipinski definition) is 5. The van der Waals surface area contributed by atoms with E-state index in [1.165, 1.54) is 6.07 Å². The first kappa shape index (κ1) is 31.6. The highest BCUT2D eigenvalue weighted by atomic mass is 32.2. The van der Waals surface area contributed by atoms with Crippen LogP contribution >= 0.6 is 0 Å². The second-order valence-corrected chi connectivity index (χ2v) is 12.8. The zero-order valence-electron chi connectivity index (χ0n) is 23.1. The lowest BCUT2D eigenvalue weighted by atomic mass is 9.82. The van der Waals surface area contributed by atoms with Gasteiger partial charge in [0.2, 0.25) is 5.91 Å². The largest absolute Gasteiger partial charge is 0.416 e. The SMILES string of the molecule is CCc1ccc(S(=O)(=O)CC2CC(NCC(C)C)CCC2NC(=O)CNC(=O)c2cccc(C(F)(F)F)c2)cc1. The Morgan fingerprint density at radius 3 is 2.38 bits per heavy atom. The van der Waals surface area contributed by atoms with Crippen LogP contribution in [-0.2, 0) is 27.2 Å². The van der Waals surface area contributed by atoms with Gasteiger partial charge < -0.3 is 16.0 Å². The van der Waals surface area contributed by atoms with Crippen LogP contribution in [0.4, 0.5) is 13.2 Å². The topological polar surface area (TPSA) is 104 Å². The summed E-state index contributed by atoms with van der Waals surface area (Å²) in [6.07, 6.45) is -1.94. The lowest BCUT2D eigenvalue weighted by Crippen LogP contribution is -2.51. The zero-order chi connectivity index (χ0) is 29.5. The second-order valence-electron chi connectivity index (χ2n) is 10.8. The van der Waals surface area contributed by atoms with Crippen LogP contribution < -0.4 is 16.0 Å². The molecule has 2 aromatic rings. The molecule has 7 nitrogen and oxygen atoms in total. The quantitative estimate of drug-likeness (QED) is 0.366. The first-order valence-corrected chi connectivity index (χ1v) is 15.2. The minimum Gasteiger partial charge on any atom is -0.352 e. The maximum absolute atomic E-state index is 13.3. The maximum Gasteiger partial charge on any atom is 0.416 e. The van der Waals surface area contributed by atoms with Gasteiger partial charge in [-0.15, -0.1) is 0 Å². The lowest BCUT2D eigenvalue weighted by Gasteiger charge is -2.37. The number of benzene rings is 2. The fourth-order valence-corrected chi connectivity index (χ4v) is 6.57. The number of hydrogen-bond donors (Lipinski definition) is 3. The molecule has 0 spiro atoms. The fourth-order valence-electron chi connectivity index (χ4n) is 4.89. The third-order valence-corrected chi connectivity index (χ3v) is 8.99. The van der Waals surface area contributed by atoms with E-state index in [9.17, 15) is 31.2 Å². The number of rotatable bonds is 11. The minimum atomic E-state index is -4.59. The number of nitrogens with one attached hydrogen (secondary N) is 3. The van der Waals surface area contributed by atoms with Crippen molar-refractivity contribution in [2.24, 2.45) is 11.8 Å². The van der Waals surface area contributed by atoms with Gasteiger partial charge in [0.1, 0.15) is 0 Å². The average molecular weight is 582 g/mol. The van der Waals surface area contributed by atoms with E-state index in [-0.39, 0.29) is 28.2 Å². The fraction of sp³-hybridized carbons (Fsp3) is 0.517. The summed E-state index contributed by atoms with van der Waals surface area (Å²) in [6.45, 7) is 6.52. The van der Waals surface area contributed by atoms with Crippen LogP contribution in [0.15, 0.2) is 53.4 Å². The van der Waals surface area contributed by atoms with E-state index in [2.05, 4.69) is 29.8 Å². The summed E-state index contributed by atoms with van der Waals surface area (Å²) >= 11 is 0. The Morgan fingerprint density at radius 1 is 1.05 bits per heavy atom. The van der Waals surface area contributed by atoms with Crippen LogP contribution in [0, 0.1) is 11.8 Å². The molecule has 11 heteroatoms. The molecule has 1 fully saturated rings. The summed E-state index contributed by atoms with van der Waals surface area (Å²) in [7, 11) is -3.63. The number of halogens is 3.